The Kier molecular flexibility index (Phi) is 4.02. The second kappa shape index (κ2) is 6.39. The molecule has 4 heterocycles. The number of rotatable bonds is 4. The highest BCUT2D eigenvalue weighted by Gasteiger charge is 2.20. The first-order valence-corrected chi connectivity index (χ1v) is 8.59. The average molecular weight is 364 g/mol. The van der Waals surface area contributed by atoms with Crippen molar-refractivity contribution >= 4 is 16.9 Å². The van der Waals surface area contributed by atoms with Gasteiger partial charge in [0.25, 0.3) is 5.91 Å². The van der Waals surface area contributed by atoms with E-state index < -0.39 is 0 Å². The van der Waals surface area contributed by atoms with Crippen molar-refractivity contribution in [3.05, 3.63) is 53.2 Å². The molecular formula is C19H20N6O2. The maximum absolute atomic E-state index is 13.0. The molecular weight excluding hydrogens is 344 g/mol. The van der Waals surface area contributed by atoms with Gasteiger partial charge in [-0.25, -0.2) is 4.98 Å². The molecule has 1 amide bonds. The van der Waals surface area contributed by atoms with Crippen molar-refractivity contribution < 1.29 is 9.21 Å². The molecule has 0 saturated carbocycles. The first-order valence-electron chi connectivity index (χ1n) is 8.59. The summed E-state index contributed by atoms with van der Waals surface area (Å²) in [6.45, 7) is 4.25. The van der Waals surface area contributed by atoms with Gasteiger partial charge in [0.2, 0.25) is 0 Å². The van der Waals surface area contributed by atoms with E-state index in [-0.39, 0.29) is 5.91 Å². The van der Waals surface area contributed by atoms with Crippen LogP contribution in [0.3, 0.4) is 0 Å². The van der Waals surface area contributed by atoms with Gasteiger partial charge < -0.3 is 9.73 Å². The maximum atomic E-state index is 13.0. The third kappa shape index (κ3) is 2.88. The first-order chi connectivity index (χ1) is 13.0. The largest absolute Gasteiger partial charge is 0.463 e. The second-order valence-corrected chi connectivity index (χ2v) is 6.50. The second-order valence-electron chi connectivity index (χ2n) is 6.50. The van der Waals surface area contributed by atoms with Crippen LogP contribution in [0.5, 0.6) is 0 Å². The van der Waals surface area contributed by atoms with Gasteiger partial charge >= 0.3 is 0 Å². The fraction of sp³-hybridized carbons (Fsp3) is 0.263. The lowest BCUT2D eigenvalue weighted by Gasteiger charge is -2.08. The maximum Gasteiger partial charge on any atom is 0.252 e. The number of carbonyl (C=O) groups is 1. The van der Waals surface area contributed by atoms with E-state index in [1.165, 1.54) is 0 Å². The number of furan rings is 1. The number of carbonyl (C=O) groups excluding carboxylic acids is 1. The third-order valence-corrected chi connectivity index (χ3v) is 4.76. The number of nitrogens with zero attached hydrogens (tertiary/aromatic N) is 5. The number of hydrogen-bond acceptors (Lipinski definition) is 5. The first kappa shape index (κ1) is 17.0. The minimum Gasteiger partial charge on any atom is -0.463 e. The molecule has 1 N–H and O–H groups in total. The molecule has 0 fully saturated rings. The van der Waals surface area contributed by atoms with Crippen LogP contribution in [0.25, 0.3) is 22.5 Å². The molecule has 0 radical (unpaired) electrons. The van der Waals surface area contributed by atoms with Gasteiger partial charge in [-0.1, -0.05) is 0 Å². The van der Waals surface area contributed by atoms with Crippen molar-refractivity contribution in [3.63, 3.8) is 0 Å². The van der Waals surface area contributed by atoms with Crippen molar-refractivity contribution in [3.8, 4) is 11.5 Å². The molecule has 0 atom stereocenters. The highest BCUT2D eigenvalue weighted by atomic mass is 16.3. The summed E-state index contributed by atoms with van der Waals surface area (Å²) in [5.41, 5.74) is 4.52. The van der Waals surface area contributed by atoms with E-state index in [1.807, 2.05) is 34.0 Å². The molecule has 0 spiro atoms. The molecule has 8 heteroatoms. The number of pyridine rings is 1. The zero-order valence-corrected chi connectivity index (χ0v) is 15.6. The predicted octanol–water partition coefficient (Wildman–Crippen LogP) is 2.51. The lowest BCUT2D eigenvalue weighted by molar-refractivity contribution is 0.0952. The molecule has 138 valence electrons. The SMILES string of the molecule is Cc1nn(C)c2nc(-c3ccco3)cc(C(=O)NCc3cnn(C)c3C)c12. The molecule has 0 bridgehead atoms. The Labute approximate surface area is 155 Å². The average Bonchev–Trinajstić information content (AvgIpc) is 3.36. The van der Waals surface area contributed by atoms with E-state index in [0.29, 0.717) is 29.2 Å². The molecule has 4 aromatic rings. The number of aryl methyl sites for hydroxylation is 3. The summed E-state index contributed by atoms with van der Waals surface area (Å²) < 4.78 is 8.93. The zero-order valence-electron chi connectivity index (χ0n) is 15.6. The van der Waals surface area contributed by atoms with E-state index in [1.54, 1.807) is 34.0 Å². The molecule has 0 aliphatic carbocycles. The molecule has 0 unspecified atom stereocenters. The van der Waals surface area contributed by atoms with Crippen LogP contribution in [0.2, 0.25) is 0 Å². The number of nitrogens with one attached hydrogen (secondary N) is 1. The third-order valence-electron chi connectivity index (χ3n) is 4.76. The lowest BCUT2D eigenvalue weighted by atomic mass is 10.1. The summed E-state index contributed by atoms with van der Waals surface area (Å²) in [5, 5.41) is 12.4. The van der Waals surface area contributed by atoms with E-state index in [4.69, 9.17) is 4.42 Å². The Hall–Kier alpha value is -3.42. The van der Waals surface area contributed by atoms with Gasteiger partial charge in [-0.3, -0.25) is 14.2 Å². The molecule has 27 heavy (non-hydrogen) atoms. The summed E-state index contributed by atoms with van der Waals surface area (Å²) >= 11 is 0. The quantitative estimate of drug-likeness (QED) is 0.601. The van der Waals surface area contributed by atoms with Gasteiger partial charge in [0.05, 0.1) is 29.1 Å². The summed E-state index contributed by atoms with van der Waals surface area (Å²) in [4.78, 5) is 17.6. The zero-order chi connectivity index (χ0) is 19.1. The van der Waals surface area contributed by atoms with Crippen molar-refractivity contribution in [1.29, 1.82) is 0 Å². The van der Waals surface area contributed by atoms with Crippen LogP contribution in [0, 0.1) is 13.8 Å². The van der Waals surface area contributed by atoms with Gasteiger partial charge in [0.1, 0.15) is 5.69 Å². The normalized spacial score (nSPS) is 11.3. The van der Waals surface area contributed by atoms with Gasteiger partial charge in [0, 0.05) is 31.9 Å². The van der Waals surface area contributed by atoms with Crippen LogP contribution in [-0.2, 0) is 20.6 Å². The fourth-order valence-corrected chi connectivity index (χ4v) is 3.16. The molecule has 8 nitrogen and oxygen atoms in total. The Morgan fingerprint density at radius 1 is 1.26 bits per heavy atom. The van der Waals surface area contributed by atoms with Crippen LogP contribution in [0.1, 0.15) is 27.3 Å². The highest BCUT2D eigenvalue weighted by Crippen LogP contribution is 2.27. The smallest absolute Gasteiger partial charge is 0.252 e. The minimum atomic E-state index is -0.186. The van der Waals surface area contributed by atoms with Crippen molar-refractivity contribution in [1.82, 2.24) is 29.9 Å². The van der Waals surface area contributed by atoms with E-state index in [0.717, 1.165) is 22.3 Å². The number of hydrogen-bond donors (Lipinski definition) is 1. The number of fused-ring (bicyclic) bond motifs is 1. The summed E-state index contributed by atoms with van der Waals surface area (Å²) in [6, 6.07) is 5.36. The molecule has 0 saturated heterocycles. The highest BCUT2D eigenvalue weighted by molar-refractivity contribution is 6.07. The van der Waals surface area contributed by atoms with Crippen molar-refractivity contribution in [2.75, 3.05) is 0 Å². The Morgan fingerprint density at radius 3 is 2.74 bits per heavy atom. The van der Waals surface area contributed by atoms with Gasteiger partial charge in [-0.2, -0.15) is 10.2 Å². The summed E-state index contributed by atoms with van der Waals surface area (Å²) in [5.74, 6) is 0.419. The Bertz CT molecular complexity index is 1140. The monoisotopic (exact) mass is 364 g/mol. The van der Waals surface area contributed by atoms with Crippen LogP contribution in [0.4, 0.5) is 0 Å². The van der Waals surface area contributed by atoms with Gasteiger partial charge in [0.15, 0.2) is 11.4 Å². The summed E-state index contributed by atoms with van der Waals surface area (Å²) in [6.07, 6.45) is 3.35. The van der Waals surface area contributed by atoms with E-state index in [9.17, 15) is 4.79 Å². The van der Waals surface area contributed by atoms with Crippen LogP contribution in [0.15, 0.2) is 35.1 Å². The van der Waals surface area contributed by atoms with Gasteiger partial charge in [-0.05, 0) is 32.0 Å². The molecule has 0 aromatic carbocycles. The molecule has 0 aliphatic heterocycles. The van der Waals surface area contributed by atoms with Crippen molar-refractivity contribution in [2.45, 2.75) is 20.4 Å². The predicted molar refractivity (Wildman–Crippen MR) is 100 cm³/mol. The Balaban J connectivity index is 1.75. The van der Waals surface area contributed by atoms with Crippen LogP contribution >= 0.6 is 0 Å². The van der Waals surface area contributed by atoms with E-state index in [2.05, 4.69) is 20.5 Å². The summed E-state index contributed by atoms with van der Waals surface area (Å²) in [7, 11) is 3.69. The van der Waals surface area contributed by atoms with Crippen molar-refractivity contribution in [2.24, 2.45) is 14.1 Å². The number of aromatic nitrogens is 5. The molecule has 0 aliphatic rings. The van der Waals surface area contributed by atoms with Gasteiger partial charge in [-0.15, -0.1) is 0 Å². The lowest BCUT2D eigenvalue weighted by Crippen LogP contribution is -2.23. The van der Waals surface area contributed by atoms with Crippen LogP contribution in [-0.4, -0.2) is 30.5 Å². The Morgan fingerprint density at radius 2 is 2.07 bits per heavy atom. The van der Waals surface area contributed by atoms with Crippen LogP contribution < -0.4 is 5.32 Å². The topological polar surface area (TPSA) is 90.8 Å². The minimum absolute atomic E-state index is 0.186. The molecule has 4 rings (SSSR count). The fourth-order valence-electron chi connectivity index (χ4n) is 3.16. The molecule has 4 aromatic heterocycles. The van der Waals surface area contributed by atoms with E-state index >= 15 is 0 Å². The number of amides is 1. The standard InChI is InChI=1S/C19H20N6O2/c1-11-17-14(19(26)20-9-13-10-21-24(3)12(13)2)8-15(16-6-5-7-27-16)22-18(17)25(4)23-11/h5-8,10H,9H2,1-4H3,(H,20,26).